The molecule has 0 saturated heterocycles. The third kappa shape index (κ3) is 4.53. The first-order valence-corrected chi connectivity index (χ1v) is 11.5. The Labute approximate surface area is 188 Å². The molecule has 32 heavy (non-hydrogen) atoms. The SMILES string of the molecule is Cc1ccc(S(=O)(=O)n2c(C(=O)C(C#N)=CN(C)C)cc3cc(OC(C)C)ccc32)cc1. The lowest BCUT2D eigenvalue weighted by Crippen LogP contribution is -2.20. The molecule has 0 unspecified atom stereocenters. The fourth-order valence-corrected chi connectivity index (χ4v) is 4.79. The molecule has 2 aromatic carbocycles. The predicted molar refractivity (Wildman–Crippen MR) is 123 cm³/mol. The Morgan fingerprint density at radius 1 is 1.12 bits per heavy atom. The summed E-state index contributed by atoms with van der Waals surface area (Å²) in [6.45, 7) is 5.63. The van der Waals surface area contributed by atoms with E-state index in [1.165, 1.54) is 24.4 Å². The van der Waals surface area contributed by atoms with Crippen LogP contribution in [0.2, 0.25) is 0 Å². The molecule has 0 atom stereocenters. The molecule has 3 aromatic rings. The van der Waals surface area contributed by atoms with E-state index in [9.17, 15) is 18.5 Å². The standard InChI is InChI=1S/C24H25N3O4S/c1-16(2)31-20-8-11-22-18(12-20)13-23(24(28)19(14-25)15-26(4)5)27(22)32(29,30)21-9-6-17(3)7-10-21/h6-13,15-16H,1-5H3. The molecular formula is C24H25N3O4S. The van der Waals surface area contributed by atoms with E-state index in [0.29, 0.717) is 16.7 Å². The molecule has 0 radical (unpaired) electrons. The maximum absolute atomic E-state index is 13.6. The van der Waals surface area contributed by atoms with Crippen LogP contribution >= 0.6 is 0 Å². The van der Waals surface area contributed by atoms with E-state index in [4.69, 9.17) is 4.74 Å². The third-order valence-corrected chi connectivity index (χ3v) is 6.39. The zero-order valence-corrected chi connectivity index (χ0v) is 19.5. The van der Waals surface area contributed by atoms with E-state index in [0.717, 1.165) is 9.54 Å². The summed E-state index contributed by atoms with van der Waals surface area (Å²) in [5.74, 6) is -0.125. The highest BCUT2D eigenvalue weighted by Crippen LogP contribution is 2.30. The highest BCUT2D eigenvalue weighted by Gasteiger charge is 2.28. The molecule has 7 nitrogen and oxygen atoms in total. The van der Waals surface area contributed by atoms with Crippen molar-refractivity contribution in [3.8, 4) is 11.8 Å². The van der Waals surface area contributed by atoms with Gasteiger partial charge in [0.25, 0.3) is 10.0 Å². The summed E-state index contributed by atoms with van der Waals surface area (Å²) in [5.41, 5.74) is 0.953. The number of rotatable bonds is 7. The van der Waals surface area contributed by atoms with Crippen molar-refractivity contribution in [1.82, 2.24) is 8.87 Å². The Kier molecular flexibility index (Phi) is 6.42. The average Bonchev–Trinajstić information content (AvgIpc) is 3.10. The van der Waals surface area contributed by atoms with E-state index in [-0.39, 0.29) is 22.3 Å². The minimum absolute atomic E-state index is 0.0484. The van der Waals surface area contributed by atoms with E-state index in [2.05, 4.69) is 0 Å². The molecule has 8 heteroatoms. The lowest BCUT2D eigenvalue weighted by molar-refractivity contribution is 0.103. The minimum atomic E-state index is -4.12. The topological polar surface area (TPSA) is 92.4 Å². The van der Waals surface area contributed by atoms with Gasteiger partial charge in [-0.1, -0.05) is 17.7 Å². The number of nitrogens with zero attached hydrogens (tertiary/aromatic N) is 3. The van der Waals surface area contributed by atoms with Crippen LogP contribution in [0.15, 0.2) is 65.2 Å². The highest BCUT2D eigenvalue weighted by atomic mass is 32.2. The van der Waals surface area contributed by atoms with Crippen LogP contribution in [0.4, 0.5) is 0 Å². The van der Waals surface area contributed by atoms with Gasteiger partial charge in [-0.2, -0.15) is 5.26 Å². The van der Waals surface area contributed by atoms with Gasteiger partial charge in [-0.15, -0.1) is 0 Å². The van der Waals surface area contributed by atoms with Crippen molar-refractivity contribution >= 4 is 26.7 Å². The van der Waals surface area contributed by atoms with E-state index in [1.54, 1.807) is 49.3 Å². The molecule has 0 bridgehead atoms. The predicted octanol–water partition coefficient (Wildman–Crippen LogP) is 4.13. The fourth-order valence-electron chi connectivity index (χ4n) is 3.28. The van der Waals surface area contributed by atoms with Crippen LogP contribution in [0, 0.1) is 18.3 Å². The van der Waals surface area contributed by atoms with Gasteiger partial charge in [-0.05, 0) is 57.2 Å². The van der Waals surface area contributed by atoms with Crippen LogP contribution in [0.1, 0.15) is 29.9 Å². The lowest BCUT2D eigenvalue weighted by Gasteiger charge is -2.13. The number of ether oxygens (including phenoxy) is 1. The summed E-state index contributed by atoms with van der Waals surface area (Å²) in [7, 11) is -0.757. The fraction of sp³-hybridized carbons (Fsp3) is 0.250. The highest BCUT2D eigenvalue weighted by molar-refractivity contribution is 7.90. The Morgan fingerprint density at radius 3 is 2.34 bits per heavy atom. The van der Waals surface area contributed by atoms with Crippen molar-refractivity contribution < 1.29 is 17.9 Å². The number of hydrogen-bond acceptors (Lipinski definition) is 6. The Bertz CT molecular complexity index is 1340. The van der Waals surface area contributed by atoms with Crippen molar-refractivity contribution in [1.29, 1.82) is 5.26 Å². The molecule has 1 aromatic heterocycles. The maximum atomic E-state index is 13.6. The molecule has 0 N–H and O–H groups in total. The van der Waals surface area contributed by atoms with Crippen LogP contribution < -0.4 is 4.74 Å². The molecule has 0 amide bonds. The molecule has 0 spiro atoms. The van der Waals surface area contributed by atoms with Crippen molar-refractivity contribution in [3.63, 3.8) is 0 Å². The first kappa shape index (κ1) is 23.1. The van der Waals surface area contributed by atoms with Gasteiger partial charge in [0, 0.05) is 25.7 Å². The van der Waals surface area contributed by atoms with Crippen LogP contribution in [-0.4, -0.2) is 43.3 Å². The van der Waals surface area contributed by atoms with Gasteiger partial charge in [0.15, 0.2) is 0 Å². The number of benzene rings is 2. The van der Waals surface area contributed by atoms with E-state index >= 15 is 0 Å². The summed E-state index contributed by atoms with van der Waals surface area (Å²) < 4.78 is 33.9. The van der Waals surface area contributed by atoms with Gasteiger partial charge in [-0.25, -0.2) is 12.4 Å². The summed E-state index contributed by atoms with van der Waals surface area (Å²) in [4.78, 5) is 14.9. The van der Waals surface area contributed by atoms with Gasteiger partial charge in [0.05, 0.1) is 16.5 Å². The lowest BCUT2D eigenvalue weighted by atomic mass is 10.1. The molecule has 1 heterocycles. The number of Topliss-reactive ketones (excluding diaryl/α,β-unsaturated/α-hetero) is 1. The van der Waals surface area contributed by atoms with Crippen molar-refractivity contribution in [2.24, 2.45) is 0 Å². The molecule has 0 fully saturated rings. The first-order valence-electron chi connectivity index (χ1n) is 10.0. The number of nitriles is 1. The van der Waals surface area contributed by atoms with Crippen molar-refractivity contribution in [2.45, 2.75) is 31.8 Å². The molecular weight excluding hydrogens is 426 g/mol. The molecule has 0 aliphatic carbocycles. The number of allylic oxidation sites excluding steroid dienone is 1. The Balaban J connectivity index is 2.31. The Morgan fingerprint density at radius 2 is 1.78 bits per heavy atom. The molecule has 0 saturated carbocycles. The monoisotopic (exact) mass is 451 g/mol. The molecule has 0 aliphatic rings. The first-order chi connectivity index (χ1) is 15.0. The average molecular weight is 452 g/mol. The molecule has 3 rings (SSSR count). The van der Waals surface area contributed by atoms with Gasteiger partial charge < -0.3 is 9.64 Å². The number of hydrogen-bond donors (Lipinski definition) is 0. The quantitative estimate of drug-likeness (QED) is 0.305. The minimum Gasteiger partial charge on any atom is -0.491 e. The summed E-state index contributed by atoms with van der Waals surface area (Å²) in [5, 5.41) is 10.0. The van der Waals surface area contributed by atoms with Gasteiger partial charge >= 0.3 is 0 Å². The Hall–Kier alpha value is -3.57. The van der Waals surface area contributed by atoms with Crippen LogP contribution in [-0.2, 0) is 10.0 Å². The summed E-state index contributed by atoms with van der Waals surface area (Å²) in [6.07, 6.45) is 1.30. The normalized spacial score (nSPS) is 12.1. The largest absolute Gasteiger partial charge is 0.491 e. The zero-order valence-electron chi connectivity index (χ0n) is 18.7. The van der Waals surface area contributed by atoms with E-state index < -0.39 is 15.8 Å². The molecule has 0 aliphatic heterocycles. The van der Waals surface area contributed by atoms with Gasteiger partial charge in [0.2, 0.25) is 5.78 Å². The van der Waals surface area contributed by atoms with Crippen LogP contribution in [0.5, 0.6) is 5.75 Å². The number of fused-ring (bicyclic) bond motifs is 1. The second kappa shape index (κ2) is 8.89. The number of aryl methyl sites for hydroxylation is 1. The van der Waals surface area contributed by atoms with Gasteiger partial charge in [0.1, 0.15) is 23.1 Å². The number of carbonyl (C=O) groups excluding carboxylic acids is 1. The van der Waals surface area contributed by atoms with Gasteiger partial charge in [-0.3, -0.25) is 4.79 Å². The second-order valence-electron chi connectivity index (χ2n) is 7.95. The van der Waals surface area contributed by atoms with Crippen molar-refractivity contribution in [3.05, 3.63) is 71.6 Å². The number of aromatic nitrogens is 1. The summed E-state index contributed by atoms with van der Waals surface area (Å²) in [6, 6.07) is 14.7. The third-order valence-electron chi connectivity index (χ3n) is 4.64. The number of ketones is 1. The van der Waals surface area contributed by atoms with Crippen LogP contribution in [0.3, 0.4) is 0 Å². The summed E-state index contributed by atoms with van der Waals surface area (Å²) >= 11 is 0. The zero-order chi connectivity index (χ0) is 23.6. The van der Waals surface area contributed by atoms with E-state index in [1.807, 2.05) is 26.8 Å². The number of carbonyl (C=O) groups is 1. The second-order valence-corrected chi connectivity index (χ2v) is 9.73. The molecule has 166 valence electrons. The van der Waals surface area contributed by atoms with Crippen LogP contribution in [0.25, 0.3) is 10.9 Å². The maximum Gasteiger partial charge on any atom is 0.268 e. The van der Waals surface area contributed by atoms with Crippen molar-refractivity contribution in [2.75, 3.05) is 14.1 Å². The smallest absolute Gasteiger partial charge is 0.268 e.